The maximum Gasteiger partial charge on any atom is 0.131 e. The van der Waals surface area contributed by atoms with Gasteiger partial charge in [0.05, 0.1) is 6.33 Å². The van der Waals surface area contributed by atoms with Gasteiger partial charge in [-0.3, -0.25) is 0 Å². The summed E-state index contributed by atoms with van der Waals surface area (Å²) in [4.78, 5) is 11.6. The molecule has 0 aliphatic rings. The Morgan fingerprint density at radius 2 is 2.37 bits per heavy atom. The summed E-state index contributed by atoms with van der Waals surface area (Å²) < 4.78 is 2.71. The quantitative estimate of drug-likeness (QED) is 0.603. The van der Waals surface area contributed by atoms with Crippen molar-refractivity contribution in [3.05, 3.63) is 35.3 Å². The number of aromatic nitrogens is 4. The van der Waals surface area contributed by atoms with E-state index >= 15 is 0 Å². The lowest BCUT2D eigenvalue weighted by atomic mass is 10.3. The fourth-order valence-corrected chi connectivity index (χ4v) is 2.09. The number of imidazole rings is 1. The van der Waals surface area contributed by atoms with Crippen molar-refractivity contribution in [1.82, 2.24) is 19.5 Å². The predicted octanol–water partition coefficient (Wildman–Crippen LogP) is 2.79. The molecule has 2 N–H and O–H groups in total. The summed E-state index contributed by atoms with van der Waals surface area (Å²) in [5.74, 6) is 1.90. The highest BCUT2D eigenvalue weighted by molar-refractivity contribution is 7.71. The van der Waals surface area contributed by atoms with Crippen LogP contribution in [0.1, 0.15) is 25.6 Å². The Balaban J connectivity index is 1.83. The first-order chi connectivity index (χ1) is 9.28. The van der Waals surface area contributed by atoms with E-state index < -0.39 is 0 Å². The molecule has 0 aliphatic carbocycles. The van der Waals surface area contributed by atoms with Gasteiger partial charge in [-0.2, -0.15) is 0 Å². The van der Waals surface area contributed by atoms with Crippen LogP contribution in [0.4, 0.5) is 5.82 Å². The Morgan fingerprint density at radius 3 is 3.11 bits per heavy atom. The van der Waals surface area contributed by atoms with Gasteiger partial charge < -0.3 is 14.9 Å². The molecule has 19 heavy (non-hydrogen) atoms. The average molecular weight is 277 g/mol. The molecule has 2 rings (SSSR count). The summed E-state index contributed by atoms with van der Waals surface area (Å²) in [5, 5.41) is 3.35. The largest absolute Gasteiger partial charge is 0.371 e. The van der Waals surface area contributed by atoms with Crippen molar-refractivity contribution in [2.45, 2.75) is 32.7 Å². The third kappa shape index (κ3) is 4.48. The minimum Gasteiger partial charge on any atom is -0.371 e. The van der Waals surface area contributed by atoms with E-state index in [1.54, 1.807) is 6.20 Å². The first kappa shape index (κ1) is 13.7. The topological polar surface area (TPSA) is 58.5 Å². The molecule has 0 amide bonds. The monoisotopic (exact) mass is 277 g/mol. The summed E-state index contributed by atoms with van der Waals surface area (Å²) in [7, 11) is 0. The fourth-order valence-electron chi connectivity index (χ4n) is 1.86. The van der Waals surface area contributed by atoms with Crippen LogP contribution in [-0.2, 0) is 13.0 Å². The van der Waals surface area contributed by atoms with Gasteiger partial charge in [0.1, 0.15) is 16.3 Å². The Labute approximate surface area is 118 Å². The predicted molar refractivity (Wildman–Crippen MR) is 78.8 cm³/mol. The molecule has 0 saturated carbocycles. The van der Waals surface area contributed by atoms with Gasteiger partial charge in [-0.05, 0) is 12.8 Å². The third-order valence-corrected chi connectivity index (χ3v) is 2.96. The molecule has 0 atom stereocenters. The van der Waals surface area contributed by atoms with E-state index in [0.29, 0.717) is 4.64 Å². The summed E-state index contributed by atoms with van der Waals surface area (Å²) in [5.41, 5.74) is 0. The van der Waals surface area contributed by atoms with Crippen molar-refractivity contribution in [3.8, 4) is 0 Å². The van der Waals surface area contributed by atoms with Gasteiger partial charge in [0.15, 0.2) is 0 Å². The van der Waals surface area contributed by atoms with Crippen molar-refractivity contribution in [2.75, 3.05) is 11.9 Å². The van der Waals surface area contributed by atoms with Crippen molar-refractivity contribution >= 4 is 18.0 Å². The van der Waals surface area contributed by atoms with Crippen LogP contribution in [0.15, 0.2) is 24.8 Å². The Hall–Kier alpha value is -1.69. The Morgan fingerprint density at radius 1 is 1.47 bits per heavy atom. The lowest BCUT2D eigenvalue weighted by molar-refractivity contribution is 0.659. The molecule has 0 aliphatic heterocycles. The first-order valence-electron chi connectivity index (χ1n) is 6.58. The van der Waals surface area contributed by atoms with E-state index in [9.17, 15) is 0 Å². The standard InChI is InChI=1S/C13H19N5S/c1-2-4-11-16-12(9-13(19)17-11)15-5-3-7-18-8-6-14-10-18/h6,8-10H,2-5,7H2,1H3,(H2,15,16,17,19). The molecular formula is C13H19N5S. The molecule has 6 heteroatoms. The van der Waals surface area contributed by atoms with Crippen LogP contribution in [0.5, 0.6) is 0 Å². The number of hydrogen-bond donors (Lipinski definition) is 2. The minimum atomic E-state index is 0.638. The zero-order valence-electron chi connectivity index (χ0n) is 11.1. The number of rotatable bonds is 7. The average Bonchev–Trinajstić information content (AvgIpc) is 2.87. The number of hydrogen-bond acceptors (Lipinski definition) is 4. The highest BCUT2D eigenvalue weighted by Gasteiger charge is 1.98. The van der Waals surface area contributed by atoms with Crippen LogP contribution in [0.2, 0.25) is 0 Å². The summed E-state index contributed by atoms with van der Waals surface area (Å²) in [6, 6.07) is 1.87. The molecule has 5 nitrogen and oxygen atoms in total. The second-order valence-corrected chi connectivity index (χ2v) is 4.83. The lowest BCUT2D eigenvalue weighted by Crippen LogP contribution is -2.08. The van der Waals surface area contributed by atoms with Crippen molar-refractivity contribution in [2.24, 2.45) is 0 Å². The number of anilines is 1. The van der Waals surface area contributed by atoms with E-state index in [4.69, 9.17) is 12.2 Å². The second-order valence-electron chi connectivity index (χ2n) is 4.41. The molecule has 2 aromatic heterocycles. The second kappa shape index (κ2) is 7.04. The zero-order valence-corrected chi connectivity index (χ0v) is 11.9. The van der Waals surface area contributed by atoms with Gasteiger partial charge in [-0.1, -0.05) is 19.1 Å². The van der Waals surface area contributed by atoms with E-state index in [2.05, 4.69) is 31.8 Å². The first-order valence-corrected chi connectivity index (χ1v) is 6.98. The molecule has 0 aromatic carbocycles. The molecule has 0 spiro atoms. The summed E-state index contributed by atoms with van der Waals surface area (Å²) in [6.45, 7) is 3.98. The van der Waals surface area contributed by atoms with E-state index in [-0.39, 0.29) is 0 Å². The number of nitrogens with zero attached hydrogens (tertiary/aromatic N) is 3. The van der Waals surface area contributed by atoms with Crippen molar-refractivity contribution in [3.63, 3.8) is 0 Å². The molecule has 0 radical (unpaired) electrons. The van der Waals surface area contributed by atoms with E-state index in [0.717, 1.165) is 44.0 Å². The smallest absolute Gasteiger partial charge is 0.131 e. The Kier molecular flexibility index (Phi) is 5.09. The SMILES string of the molecule is CCCc1nc(=S)cc(NCCCn2ccnc2)[nH]1. The molecule has 0 unspecified atom stereocenters. The highest BCUT2D eigenvalue weighted by atomic mass is 32.1. The van der Waals surface area contributed by atoms with Gasteiger partial charge >= 0.3 is 0 Å². The van der Waals surface area contributed by atoms with Crippen LogP contribution >= 0.6 is 12.2 Å². The molecule has 2 aromatic rings. The Bertz CT molecular complexity index is 546. The molecule has 102 valence electrons. The molecule has 2 heterocycles. The van der Waals surface area contributed by atoms with Crippen molar-refractivity contribution < 1.29 is 0 Å². The van der Waals surface area contributed by atoms with Crippen molar-refractivity contribution in [1.29, 1.82) is 0 Å². The maximum absolute atomic E-state index is 5.16. The number of nitrogens with one attached hydrogen (secondary N) is 2. The molecule has 0 fully saturated rings. The van der Waals surface area contributed by atoms with Gasteiger partial charge in [0.25, 0.3) is 0 Å². The van der Waals surface area contributed by atoms with Gasteiger partial charge in [0.2, 0.25) is 0 Å². The third-order valence-electron chi connectivity index (χ3n) is 2.75. The van der Waals surface area contributed by atoms with E-state index in [1.807, 2.05) is 18.6 Å². The number of H-pyrrole nitrogens is 1. The molecular weight excluding hydrogens is 258 g/mol. The number of aromatic amines is 1. The van der Waals surface area contributed by atoms with Crippen LogP contribution in [0, 0.1) is 4.64 Å². The lowest BCUT2D eigenvalue weighted by Gasteiger charge is -2.08. The minimum absolute atomic E-state index is 0.638. The normalized spacial score (nSPS) is 10.6. The van der Waals surface area contributed by atoms with Gasteiger partial charge in [-0.15, -0.1) is 0 Å². The van der Waals surface area contributed by atoms with Crippen LogP contribution in [0.3, 0.4) is 0 Å². The zero-order chi connectivity index (χ0) is 13.5. The summed E-state index contributed by atoms with van der Waals surface area (Å²) >= 11 is 5.16. The summed E-state index contributed by atoms with van der Waals surface area (Å²) in [6.07, 6.45) is 8.61. The number of aryl methyl sites for hydroxylation is 2. The molecule has 0 saturated heterocycles. The maximum atomic E-state index is 5.16. The van der Waals surface area contributed by atoms with Crippen LogP contribution in [0.25, 0.3) is 0 Å². The highest BCUT2D eigenvalue weighted by Crippen LogP contribution is 2.05. The fraction of sp³-hybridized carbons (Fsp3) is 0.462. The van der Waals surface area contributed by atoms with Crippen LogP contribution < -0.4 is 5.32 Å². The van der Waals surface area contributed by atoms with E-state index in [1.165, 1.54) is 0 Å². The van der Waals surface area contributed by atoms with Gasteiger partial charge in [0, 0.05) is 38.0 Å². The van der Waals surface area contributed by atoms with Crippen LogP contribution in [-0.4, -0.2) is 26.1 Å². The molecule has 0 bridgehead atoms. The van der Waals surface area contributed by atoms with Gasteiger partial charge in [-0.25, -0.2) is 9.97 Å².